The molecule has 1 aliphatic heterocycles. The van der Waals surface area contributed by atoms with E-state index in [1.54, 1.807) is 6.07 Å². The summed E-state index contributed by atoms with van der Waals surface area (Å²) in [5.74, 6) is -0.378. The molecule has 0 spiro atoms. The summed E-state index contributed by atoms with van der Waals surface area (Å²) in [6, 6.07) is 17.4. The quantitative estimate of drug-likeness (QED) is 0.834. The number of nitrogens with zero attached hydrogens (tertiary/aromatic N) is 1. The van der Waals surface area contributed by atoms with Gasteiger partial charge in [-0.05, 0) is 31.4 Å². The van der Waals surface area contributed by atoms with Crippen LogP contribution in [0.25, 0.3) is 0 Å². The van der Waals surface area contributed by atoms with E-state index < -0.39 is 17.7 Å². The van der Waals surface area contributed by atoms with Crippen LogP contribution in [-0.4, -0.2) is 40.3 Å². The molecule has 1 aliphatic rings. The lowest BCUT2D eigenvalue weighted by Gasteiger charge is -2.38. The molecule has 2 aromatic carbocycles. The second-order valence-electron chi connectivity index (χ2n) is 6.88. The van der Waals surface area contributed by atoms with E-state index >= 15 is 0 Å². The van der Waals surface area contributed by atoms with Crippen LogP contribution >= 0.6 is 0 Å². The van der Waals surface area contributed by atoms with Crippen molar-refractivity contribution in [2.24, 2.45) is 0 Å². The molecule has 1 fully saturated rings. The number of aliphatic carboxylic acids is 1. The number of hydrogen-bond acceptors (Lipinski definition) is 4. The molecule has 0 unspecified atom stereocenters. The lowest BCUT2D eigenvalue weighted by molar-refractivity contribution is -0.144. The SMILES string of the molecule is C[C@@H](Oc1ccccc1CN1CCC(O)(c2ccccc2)CC1)C(=O)O. The summed E-state index contributed by atoms with van der Waals surface area (Å²) in [6.45, 7) is 3.75. The molecular formula is C21H25NO4. The average molecular weight is 355 g/mol. The highest BCUT2D eigenvalue weighted by molar-refractivity contribution is 5.72. The number of likely N-dealkylation sites (tertiary alicyclic amines) is 1. The first-order valence-electron chi connectivity index (χ1n) is 8.95. The van der Waals surface area contributed by atoms with Gasteiger partial charge >= 0.3 is 5.97 Å². The van der Waals surface area contributed by atoms with Crippen molar-refractivity contribution in [3.63, 3.8) is 0 Å². The lowest BCUT2D eigenvalue weighted by Crippen LogP contribution is -2.42. The van der Waals surface area contributed by atoms with Crippen molar-refractivity contribution in [1.82, 2.24) is 4.90 Å². The zero-order valence-electron chi connectivity index (χ0n) is 15.0. The fraction of sp³-hybridized carbons (Fsp3) is 0.381. The van der Waals surface area contributed by atoms with Gasteiger partial charge in [-0.15, -0.1) is 0 Å². The Morgan fingerprint density at radius 1 is 1.12 bits per heavy atom. The van der Waals surface area contributed by atoms with Crippen LogP contribution in [0.4, 0.5) is 0 Å². The standard InChI is InChI=1S/C21H25NO4/c1-16(20(23)24)26-19-10-6-5-7-17(19)15-22-13-11-21(25,12-14-22)18-8-3-2-4-9-18/h2-10,16,25H,11-15H2,1H3,(H,23,24)/t16-/m1/s1. The Morgan fingerprint density at radius 3 is 2.38 bits per heavy atom. The fourth-order valence-corrected chi connectivity index (χ4v) is 3.35. The Kier molecular flexibility index (Phi) is 5.59. The van der Waals surface area contributed by atoms with E-state index in [1.807, 2.05) is 48.5 Å². The van der Waals surface area contributed by atoms with Crippen LogP contribution in [0.15, 0.2) is 54.6 Å². The second-order valence-corrected chi connectivity index (χ2v) is 6.88. The lowest BCUT2D eigenvalue weighted by atomic mass is 9.84. The maximum atomic E-state index is 11.0. The van der Waals surface area contributed by atoms with Gasteiger partial charge in [-0.2, -0.15) is 0 Å². The van der Waals surface area contributed by atoms with Crippen LogP contribution in [0.2, 0.25) is 0 Å². The van der Waals surface area contributed by atoms with Gasteiger partial charge < -0.3 is 14.9 Å². The molecule has 0 saturated carbocycles. The van der Waals surface area contributed by atoms with Gasteiger partial charge in [-0.25, -0.2) is 4.79 Å². The zero-order chi connectivity index (χ0) is 18.6. The minimum absolute atomic E-state index is 0.603. The number of carboxylic acid groups (broad SMARTS) is 1. The van der Waals surface area contributed by atoms with Gasteiger partial charge in [0.25, 0.3) is 0 Å². The largest absolute Gasteiger partial charge is 0.479 e. The van der Waals surface area contributed by atoms with E-state index in [1.165, 1.54) is 6.92 Å². The average Bonchev–Trinajstić information content (AvgIpc) is 2.66. The molecule has 1 atom stereocenters. The van der Waals surface area contributed by atoms with Crippen molar-refractivity contribution in [3.05, 3.63) is 65.7 Å². The monoisotopic (exact) mass is 355 g/mol. The Morgan fingerprint density at radius 2 is 1.73 bits per heavy atom. The topological polar surface area (TPSA) is 70.0 Å². The third kappa shape index (κ3) is 4.23. The van der Waals surface area contributed by atoms with Crippen molar-refractivity contribution in [3.8, 4) is 5.75 Å². The van der Waals surface area contributed by atoms with E-state index in [0.29, 0.717) is 25.1 Å². The van der Waals surface area contributed by atoms with Gasteiger partial charge in [0.2, 0.25) is 0 Å². The molecule has 0 bridgehead atoms. The molecule has 1 saturated heterocycles. The molecular weight excluding hydrogens is 330 g/mol. The molecule has 0 amide bonds. The van der Waals surface area contributed by atoms with Crippen LogP contribution < -0.4 is 4.74 Å². The zero-order valence-corrected chi connectivity index (χ0v) is 15.0. The van der Waals surface area contributed by atoms with E-state index in [-0.39, 0.29) is 0 Å². The van der Waals surface area contributed by atoms with Crippen molar-refractivity contribution in [2.75, 3.05) is 13.1 Å². The number of para-hydroxylation sites is 1. The number of ether oxygens (including phenoxy) is 1. The Labute approximate surface area is 153 Å². The van der Waals surface area contributed by atoms with Crippen molar-refractivity contribution in [2.45, 2.75) is 38.0 Å². The number of rotatable bonds is 6. The number of benzene rings is 2. The first-order chi connectivity index (χ1) is 12.5. The number of piperidine rings is 1. The number of aliphatic hydroxyl groups is 1. The number of hydrogen-bond donors (Lipinski definition) is 2. The third-order valence-electron chi connectivity index (χ3n) is 5.01. The molecule has 0 aromatic heterocycles. The molecule has 138 valence electrons. The molecule has 0 aliphatic carbocycles. The van der Waals surface area contributed by atoms with E-state index in [0.717, 1.165) is 24.2 Å². The molecule has 26 heavy (non-hydrogen) atoms. The van der Waals surface area contributed by atoms with Crippen LogP contribution in [-0.2, 0) is 16.9 Å². The summed E-state index contributed by atoms with van der Waals surface area (Å²) in [5.41, 5.74) is 1.16. The van der Waals surface area contributed by atoms with E-state index in [2.05, 4.69) is 4.90 Å². The predicted octanol–water partition coefficient (Wildman–Crippen LogP) is 3.02. The van der Waals surface area contributed by atoms with Crippen LogP contribution in [0.3, 0.4) is 0 Å². The van der Waals surface area contributed by atoms with Crippen LogP contribution in [0.5, 0.6) is 5.75 Å². The van der Waals surface area contributed by atoms with Crippen molar-refractivity contribution in [1.29, 1.82) is 0 Å². The van der Waals surface area contributed by atoms with Gasteiger partial charge in [-0.3, -0.25) is 4.90 Å². The van der Waals surface area contributed by atoms with E-state index in [4.69, 9.17) is 9.84 Å². The smallest absolute Gasteiger partial charge is 0.344 e. The minimum atomic E-state index is -0.981. The summed E-state index contributed by atoms with van der Waals surface area (Å²) in [7, 11) is 0. The minimum Gasteiger partial charge on any atom is -0.479 e. The third-order valence-corrected chi connectivity index (χ3v) is 5.01. The molecule has 1 heterocycles. The fourth-order valence-electron chi connectivity index (χ4n) is 3.35. The van der Waals surface area contributed by atoms with E-state index in [9.17, 15) is 9.90 Å². The molecule has 5 nitrogen and oxygen atoms in total. The molecule has 3 rings (SSSR count). The first-order valence-corrected chi connectivity index (χ1v) is 8.95. The summed E-state index contributed by atoms with van der Waals surface area (Å²) >= 11 is 0. The Bertz CT molecular complexity index is 739. The van der Waals surface area contributed by atoms with Gasteiger partial charge in [0.1, 0.15) is 5.75 Å². The summed E-state index contributed by atoms with van der Waals surface area (Å²) in [4.78, 5) is 13.3. The summed E-state index contributed by atoms with van der Waals surface area (Å²) in [5, 5.41) is 20.0. The van der Waals surface area contributed by atoms with Gasteiger partial charge in [0.15, 0.2) is 6.10 Å². The highest BCUT2D eigenvalue weighted by atomic mass is 16.5. The Balaban J connectivity index is 1.64. The highest BCUT2D eigenvalue weighted by Crippen LogP contribution is 2.33. The number of carbonyl (C=O) groups is 1. The molecule has 2 N–H and O–H groups in total. The molecule has 5 heteroatoms. The van der Waals surface area contributed by atoms with Gasteiger partial charge in [0.05, 0.1) is 5.60 Å². The maximum Gasteiger partial charge on any atom is 0.344 e. The molecule has 0 radical (unpaired) electrons. The Hall–Kier alpha value is -2.37. The van der Waals surface area contributed by atoms with Crippen LogP contribution in [0.1, 0.15) is 30.9 Å². The van der Waals surface area contributed by atoms with Crippen LogP contribution in [0, 0.1) is 0 Å². The molecule has 2 aromatic rings. The van der Waals surface area contributed by atoms with Gasteiger partial charge in [-0.1, -0.05) is 48.5 Å². The summed E-state index contributed by atoms with van der Waals surface area (Å²) < 4.78 is 5.58. The van der Waals surface area contributed by atoms with Crippen molar-refractivity contribution >= 4 is 5.97 Å². The normalized spacial score (nSPS) is 18.2. The summed E-state index contributed by atoms with van der Waals surface area (Å²) in [6.07, 6.45) is 0.456. The second kappa shape index (κ2) is 7.89. The highest BCUT2D eigenvalue weighted by Gasteiger charge is 2.33. The number of carboxylic acids is 1. The maximum absolute atomic E-state index is 11.0. The van der Waals surface area contributed by atoms with Gasteiger partial charge in [0, 0.05) is 25.2 Å². The predicted molar refractivity (Wildman–Crippen MR) is 99.0 cm³/mol. The van der Waals surface area contributed by atoms with Crippen molar-refractivity contribution < 1.29 is 19.7 Å². The first kappa shape index (κ1) is 18.4.